The maximum atomic E-state index is 13.1. The first kappa shape index (κ1) is 20.9. The van der Waals surface area contributed by atoms with Crippen molar-refractivity contribution in [2.24, 2.45) is 0 Å². The fourth-order valence-electron chi connectivity index (χ4n) is 4.11. The Morgan fingerprint density at radius 2 is 1.84 bits per heavy atom. The Bertz CT molecular complexity index is 1040. The van der Waals surface area contributed by atoms with Gasteiger partial charge in [-0.1, -0.05) is 18.2 Å². The molecule has 1 fully saturated rings. The normalized spacial score (nSPS) is 14.5. The maximum Gasteiger partial charge on any atom is 0.259 e. The number of amides is 1. The minimum Gasteiger partial charge on any atom is -0.481 e. The molecule has 1 saturated heterocycles. The molecule has 8 heteroatoms. The second-order valence-electron chi connectivity index (χ2n) is 7.44. The minimum absolute atomic E-state index is 0.0595. The molecule has 3 aromatic rings. The first-order chi connectivity index (χ1) is 15.2. The number of aliphatic hydroxyl groups is 1. The van der Waals surface area contributed by atoms with Gasteiger partial charge in [0.1, 0.15) is 5.56 Å². The number of para-hydroxylation sites is 1. The van der Waals surface area contributed by atoms with Crippen LogP contribution in [0.15, 0.2) is 48.7 Å². The smallest absolute Gasteiger partial charge is 0.259 e. The average Bonchev–Trinajstić information content (AvgIpc) is 3.28. The van der Waals surface area contributed by atoms with Gasteiger partial charge in [-0.05, 0) is 31.0 Å². The molecule has 0 radical (unpaired) electrons. The Labute approximate surface area is 181 Å². The number of rotatable bonds is 6. The van der Waals surface area contributed by atoms with E-state index in [1.54, 1.807) is 18.3 Å². The lowest BCUT2D eigenvalue weighted by Gasteiger charge is -2.33. The second-order valence-corrected chi connectivity index (χ2v) is 7.44. The van der Waals surface area contributed by atoms with Crippen molar-refractivity contribution < 1.29 is 19.4 Å². The molecule has 31 heavy (non-hydrogen) atoms. The van der Waals surface area contributed by atoms with Gasteiger partial charge in [-0.15, -0.1) is 0 Å². The quantitative estimate of drug-likeness (QED) is 0.657. The van der Waals surface area contributed by atoms with E-state index in [-0.39, 0.29) is 24.3 Å². The van der Waals surface area contributed by atoms with E-state index in [1.807, 2.05) is 39.9 Å². The van der Waals surface area contributed by atoms with Gasteiger partial charge >= 0.3 is 0 Å². The van der Waals surface area contributed by atoms with Crippen LogP contribution in [0.4, 0.5) is 0 Å². The van der Waals surface area contributed by atoms with Crippen LogP contribution in [0.1, 0.15) is 40.4 Å². The van der Waals surface area contributed by atoms with Crippen LogP contribution >= 0.6 is 0 Å². The monoisotopic (exact) mass is 422 g/mol. The molecule has 3 heterocycles. The fraction of sp³-hybridized carbons (Fsp3) is 0.348. The van der Waals surface area contributed by atoms with Gasteiger partial charge in [-0.2, -0.15) is 10.1 Å². The van der Waals surface area contributed by atoms with Crippen LogP contribution in [0.25, 0.3) is 5.69 Å². The van der Waals surface area contributed by atoms with Gasteiger partial charge in [0, 0.05) is 30.6 Å². The number of carbonyl (C=O) groups excluding carboxylic acids is 1. The lowest BCUT2D eigenvalue weighted by molar-refractivity contribution is 0.0706. The van der Waals surface area contributed by atoms with E-state index in [0.717, 1.165) is 29.8 Å². The number of piperidine rings is 1. The number of pyridine rings is 1. The summed E-state index contributed by atoms with van der Waals surface area (Å²) in [5.74, 6) is 0.753. The van der Waals surface area contributed by atoms with E-state index in [0.29, 0.717) is 24.5 Å². The molecule has 0 saturated carbocycles. The van der Waals surface area contributed by atoms with Crippen molar-refractivity contribution in [2.45, 2.75) is 25.4 Å². The summed E-state index contributed by atoms with van der Waals surface area (Å²) >= 11 is 0. The summed E-state index contributed by atoms with van der Waals surface area (Å²) in [4.78, 5) is 19.1. The van der Waals surface area contributed by atoms with Crippen molar-refractivity contribution in [3.8, 4) is 17.4 Å². The van der Waals surface area contributed by atoms with Gasteiger partial charge in [-0.25, -0.2) is 4.68 Å². The number of hydrogen-bond donors (Lipinski definition) is 1. The minimum atomic E-state index is -0.107. The number of hydrogen-bond acceptors (Lipinski definition) is 6. The molecule has 0 spiro atoms. The molecule has 1 N–H and O–H groups in total. The third-order valence-electron chi connectivity index (χ3n) is 5.69. The fourth-order valence-corrected chi connectivity index (χ4v) is 4.11. The van der Waals surface area contributed by atoms with Gasteiger partial charge in [0.2, 0.25) is 11.8 Å². The summed E-state index contributed by atoms with van der Waals surface area (Å²) in [6.07, 6.45) is 3.29. The lowest BCUT2D eigenvalue weighted by Crippen LogP contribution is -2.38. The molecule has 0 atom stereocenters. The highest BCUT2D eigenvalue weighted by molar-refractivity contribution is 5.96. The summed E-state index contributed by atoms with van der Waals surface area (Å²) in [6.45, 7) is 1.14. The number of benzene rings is 1. The van der Waals surface area contributed by atoms with Gasteiger partial charge < -0.3 is 19.5 Å². The van der Waals surface area contributed by atoms with Crippen molar-refractivity contribution in [1.82, 2.24) is 19.7 Å². The van der Waals surface area contributed by atoms with Crippen LogP contribution in [-0.2, 0) is 6.61 Å². The molecular weight excluding hydrogens is 396 g/mol. The Balaban J connectivity index is 1.52. The maximum absolute atomic E-state index is 13.1. The number of carbonyl (C=O) groups is 1. The second kappa shape index (κ2) is 9.18. The van der Waals surface area contributed by atoms with Crippen LogP contribution in [0.3, 0.4) is 0 Å². The highest BCUT2D eigenvalue weighted by atomic mass is 16.5. The third-order valence-corrected chi connectivity index (χ3v) is 5.69. The molecule has 0 aliphatic carbocycles. The Hall–Kier alpha value is -3.39. The molecule has 0 bridgehead atoms. The van der Waals surface area contributed by atoms with E-state index in [4.69, 9.17) is 9.47 Å². The standard InChI is InChI=1S/C23H26N4O4/c1-30-20-9-8-19(22(25-20)31-2)23(29)26-12-10-16(11-13-26)21-17(15-28)14-24-27(21)18-6-4-3-5-7-18/h3-9,14,16,28H,10-13,15H2,1-2H3. The SMILES string of the molecule is COc1ccc(C(=O)N2CCC(c3c(CO)cnn3-c3ccccc3)CC2)c(OC)n1. The number of ether oxygens (including phenoxy) is 2. The molecule has 4 rings (SSSR count). The molecule has 1 aromatic carbocycles. The average molecular weight is 422 g/mol. The van der Waals surface area contributed by atoms with Gasteiger partial charge in [0.15, 0.2) is 0 Å². The van der Waals surface area contributed by atoms with Crippen LogP contribution in [-0.4, -0.2) is 58.0 Å². The predicted octanol–water partition coefficient (Wildman–Crippen LogP) is 2.80. The zero-order valence-electron chi connectivity index (χ0n) is 17.7. The van der Waals surface area contributed by atoms with E-state index < -0.39 is 0 Å². The number of aromatic nitrogens is 3. The highest BCUT2D eigenvalue weighted by Crippen LogP contribution is 2.33. The number of nitrogens with zero attached hydrogens (tertiary/aromatic N) is 4. The summed E-state index contributed by atoms with van der Waals surface area (Å²) < 4.78 is 12.3. The molecule has 1 aliphatic rings. The topological polar surface area (TPSA) is 89.7 Å². The van der Waals surface area contributed by atoms with E-state index >= 15 is 0 Å². The van der Waals surface area contributed by atoms with E-state index in [1.165, 1.54) is 14.2 Å². The summed E-state index contributed by atoms with van der Waals surface area (Å²) in [7, 11) is 3.01. The van der Waals surface area contributed by atoms with Crippen molar-refractivity contribution in [2.75, 3.05) is 27.3 Å². The molecule has 1 aliphatic heterocycles. The van der Waals surface area contributed by atoms with Crippen molar-refractivity contribution in [3.05, 3.63) is 65.5 Å². The van der Waals surface area contributed by atoms with E-state index in [9.17, 15) is 9.90 Å². The van der Waals surface area contributed by atoms with Crippen molar-refractivity contribution in [3.63, 3.8) is 0 Å². The van der Waals surface area contributed by atoms with Gasteiger partial charge in [0.25, 0.3) is 5.91 Å². The lowest BCUT2D eigenvalue weighted by atomic mass is 9.90. The van der Waals surface area contributed by atoms with Crippen molar-refractivity contribution in [1.29, 1.82) is 0 Å². The Kier molecular flexibility index (Phi) is 6.18. The molecule has 0 unspecified atom stereocenters. The Morgan fingerprint density at radius 1 is 1.10 bits per heavy atom. The summed E-state index contributed by atoms with van der Waals surface area (Å²) in [5, 5.41) is 14.4. The first-order valence-electron chi connectivity index (χ1n) is 10.3. The zero-order chi connectivity index (χ0) is 21.8. The molecule has 8 nitrogen and oxygen atoms in total. The molecule has 2 aromatic heterocycles. The molecule has 162 valence electrons. The molecular formula is C23H26N4O4. The largest absolute Gasteiger partial charge is 0.481 e. The zero-order valence-corrected chi connectivity index (χ0v) is 17.7. The van der Waals surface area contributed by atoms with Gasteiger partial charge in [-0.3, -0.25) is 4.79 Å². The van der Waals surface area contributed by atoms with Crippen LogP contribution < -0.4 is 9.47 Å². The third kappa shape index (κ3) is 4.11. The predicted molar refractivity (Wildman–Crippen MR) is 115 cm³/mol. The van der Waals surface area contributed by atoms with Crippen LogP contribution in [0.2, 0.25) is 0 Å². The van der Waals surface area contributed by atoms with Gasteiger partial charge in [0.05, 0.1) is 38.4 Å². The number of likely N-dealkylation sites (tertiary alicyclic amines) is 1. The number of aliphatic hydroxyl groups excluding tert-OH is 1. The highest BCUT2D eigenvalue weighted by Gasteiger charge is 2.30. The Morgan fingerprint density at radius 3 is 2.48 bits per heavy atom. The summed E-state index contributed by atoms with van der Waals surface area (Å²) in [6, 6.07) is 13.3. The van der Waals surface area contributed by atoms with Crippen molar-refractivity contribution >= 4 is 5.91 Å². The number of methoxy groups -OCH3 is 2. The summed E-state index contributed by atoms with van der Waals surface area (Å²) in [5.41, 5.74) is 3.23. The van der Waals surface area contributed by atoms with E-state index in [2.05, 4.69) is 10.1 Å². The van der Waals surface area contributed by atoms with Crippen LogP contribution in [0, 0.1) is 0 Å². The molecule has 1 amide bonds. The first-order valence-corrected chi connectivity index (χ1v) is 10.3. The van der Waals surface area contributed by atoms with Crippen LogP contribution in [0.5, 0.6) is 11.8 Å².